The molecular weight excluding hydrogens is 360 g/mol. The minimum atomic E-state index is -3.70. The molecule has 140 valence electrons. The van der Waals surface area contributed by atoms with Gasteiger partial charge in [0.25, 0.3) is 10.0 Å². The zero-order valence-electron chi connectivity index (χ0n) is 15.5. The fraction of sp³-hybridized carbons (Fsp3) is 0.200. The molecule has 0 aliphatic carbocycles. The quantitative estimate of drug-likeness (QED) is 0.696. The van der Waals surface area contributed by atoms with Crippen LogP contribution in [0.15, 0.2) is 65.6 Å². The number of nitrogens with one attached hydrogen (secondary N) is 1. The molecule has 0 atom stereocenters. The van der Waals surface area contributed by atoms with Gasteiger partial charge >= 0.3 is 0 Å². The molecule has 0 saturated heterocycles. The summed E-state index contributed by atoms with van der Waals surface area (Å²) in [5.41, 5.74) is 3.04. The fourth-order valence-corrected chi connectivity index (χ4v) is 3.88. The lowest BCUT2D eigenvalue weighted by molar-refractivity contribution is 0.601. The van der Waals surface area contributed by atoms with Crippen LogP contribution in [0, 0.1) is 13.8 Å². The number of rotatable bonds is 6. The molecule has 7 heteroatoms. The molecule has 2 aromatic carbocycles. The van der Waals surface area contributed by atoms with E-state index in [9.17, 15) is 8.42 Å². The Kier molecular flexibility index (Phi) is 5.41. The van der Waals surface area contributed by atoms with Gasteiger partial charge in [-0.05, 0) is 68.3 Å². The van der Waals surface area contributed by atoms with Gasteiger partial charge in [0.1, 0.15) is 0 Å². The Hall–Kier alpha value is -2.93. The number of hydrogen-bond donors (Lipinski definition) is 1. The zero-order valence-corrected chi connectivity index (χ0v) is 16.4. The van der Waals surface area contributed by atoms with E-state index >= 15 is 0 Å². The second kappa shape index (κ2) is 7.75. The second-order valence-electron chi connectivity index (χ2n) is 6.28. The topological polar surface area (TPSA) is 75.2 Å². The van der Waals surface area contributed by atoms with Crippen LogP contribution in [-0.2, 0) is 10.0 Å². The third kappa shape index (κ3) is 4.43. The average Bonchev–Trinajstić information content (AvgIpc) is 2.64. The van der Waals surface area contributed by atoms with Crippen LogP contribution in [0.3, 0.4) is 0 Å². The Morgan fingerprint density at radius 2 is 1.63 bits per heavy atom. The van der Waals surface area contributed by atoms with Crippen molar-refractivity contribution in [2.24, 2.45) is 0 Å². The van der Waals surface area contributed by atoms with Crippen molar-refractivity contribution in [3.63, 3.8) is 0 Å². The Bertz CT molecular complexity index is 1030. The van der Waals surface area contributed by atoms with Gasteiger partial charge in [-0.15, -0.1) is 10.2 Å². The summed E-state index contributed by atoms with van der Waals surface area (Å²) in [5, 5.41) is 8.25. The first-order valence-electron chi connectivity index (χ1n) is 8.66. The molecule has 1 aromatic heterocycles. The molecule has 3 rings (SSSR count). The molecule has 6 nitrogen and oxygen atoms in total. The molecule has 0 unspecified atom stereocenters. The van der Waals surface area contributed by atoms with E-state index < -0.39 is 10.0 Å². The number of aromatic nitrogens is 2. The van der Waals surface area contributed by atoms with E-state index in [1.54, 1.807) is 30.3 Å². The van der Waals surface area contributed by atoms with Gasteiger partial charge < -0.3 is 4.90 Å². The number of nitrogens with zero attached hydrogens (tertiary/aromatic N) is 3. The number of anilines is 3. The van der Waals surface area contributed by atoms with Crippen LogP contribution < -0.4 is 9.62 Å². The van der Waals surface area contributed by atoms with Crippen LogP contribution in [-0.4, -0.2) is 25.2 Å². The molecule has 1 heterocycles. The van der Waals surface area contributed by atoms with Crippen molar-refractivity contribution in [1.82, 2.24) is 10.2 Å². The molecule has 1 N–H and O–H groups in total. The largest absolute Gasteiger partial charge is 0.325 e. The summed E-state index contributed by atoms with van der Waals surface area (Å²) in [7, 11) is -3.70. The molecule has 0 spiro atoms. The summed E-state index contributed by atoms with van der Waals surface area (Å²) in [6.07, 6.45) is 0. The van der Waals surface area contributed by atoms with E-state index in [2.05, 4.69) is 21.0 Å². The lowest BCUT2D eigenvalue weighted by atomic mass is 10.2. The standard InChI is InChI=1S/C20H22N4O2S/c1-4-24(17-9-5-7-15(2)13-17)20-12-11-19(21-22-20)23-27(25,26)18-10-6-8-16(3)14-18/h5-14H,4H2,1-3H3,(H,21,23). The summed E-state index contributed by atoms with van der Waals surface area (Å²) in [4.78, 5) is 2.21. The normalized spacial score (nSPS) is 11.2. The van der Waals surface area contributed by atoms with Crippen LogP contribution in [0.2, 0.25) is 0 Å². The SMILES string of the molecule is CCN(c1cccc(C)c1)c1ccc(NS(=O)(=O)c2cccc(C)c2)nn1. The minimum absolute atomic E-state index is 0.181. The van der Waals surface area contributed by atoms with Crippen molar-refractivity contribution < 1.29 is 8.42 Å². The molecule has 27 heavy (non-hydrogen) atoms. The monoisotopic (exact) mass is 382 g/mol. The van der Waals surface area contributed by atoms with E-state index in [1.165, 1.54) is 0 Å². The minimum Gasteiger partial charge on any atom is -0.325 e. The third-order valence-corrected chi connectivity index (χ3v) is 5.45. The van der Waals surface area contributed by atoms with Crippen molar-refractivity contribution in [3.8, 4) is 0 Å². The highest BCUT2D eigenvalue weighted by Crippen LogP contribution is 2.24. The van der Waals surface area contributed by atoms with Gasteiger partial charge in [0.05, 0.1) is 4.90 Å². The van der Waals surface area contributed by atoms with Crippen molar-refractivity contribution in [2.75, 3.05) is 16.2 Å². The average molecular weight is 382 g/mol. The Morgan fingerprint density at radius 1 is 0.926 bits per heavy atom. The molecule has 0 aliphatic heterocycles. The van der Waals surface area contributed by atoms with Gasteiger partial charge in [-0.3, -0.25) is 4.72 Å². The van der Waals surface area contributed by atoms with Gasteiger partial charge in [-0.1, -0.05) is 24.3 Å². The summed E-state index contributed by atoms with van der Waals surface area (Å²) >= 11 is 0. The number of hydrogen-bond acceptors (Lipinski definition) is 5. The first kappa shape index (κ1) is 18.8. The third-order valence-electron chi connectivity index (χ3n) is 4.10. The number of aryl methyl sites for hydroxylation is 2. The fourth-order valence-electron chi connectivity index (χ4n) is 2.78. The lowest BCUT2D eigenvalue weighted by Crippen LogP contribution is -2.19. The molecule has 0 fully saturated rings. The maximum absolute atomic E-state index is 12.5. The van der Waals surface area contributed by atoms with Crippen LogP contribution >= 0.6 is 0 Å². The van der Waals surface area contributed by atoms with Crippen molar-refractivity contribution in [1.29, 1.82) is 0 Å². The summed E-state index contributed by atoms with van der Waals surface area (Å²) in [6, 6.07) is 18.2. The van der Waals surface area contributed by atoms with Crippen molar-refractivity contribution in [3.05, 3.63) is 71.8 Å². The molecule has 0 aliphatic rings. The van der Waals surface area contributed by atoms with E-state index in [4.69, 9.17) is 0 Å². The lowest BCUT2D eigenvalue weighted by Gasteiger charge is -2.22. The van der Waals surface area contributed by atoms with Gasteiger partial charge in [0.15, 0.2) is 11.6 Å². The molecule has 0 bridgehead atoms. The number of benzene rings is 2. The van der Waals surface area contributed by atoms with Crippen LogP contribution in [0.4, 0.5) is 17.3 Å². The van der Waals surface area contributed by atoms with E-state index in [-0.39, 0.29) is 10.7 Å². The molecule has 3 aromatic rings. The van der Waals surface area contributed by atoms with Crippen molar-refractivity contribution >= 4 is 27.3 Å². The first-order valence-corrected chi connectivity index (χ1v) is 10.1. The second-order valence-corrected chi connectivity index (χ2v) is 7.96. The molecule has 0 amide bonds. The van der Waals surface area contributed by atoms with Crippen LogP contribution in [0.1, 0.15) is 18.1 Å². The first-order chi connectivity index (χ1) is 12.9. The Labute approximate surface area is 159 Å². The maximum Gasteiger partial charge on any atom is 0.263 e. The summed E-state index contributed by atoms with van der Waals surface area (Å²) in [5.74, 6) is 0.835. The zero-order chi connectivity index (χ0) is 19.4. The predicted octanol–water partition coefficient (Wildman–Crippen LogP) is 4.05. The summed E-state index contributed by atoms with van der Waals surface area (Å²) < 4.78 is 27.5. The predicted molar refractivity (Wildman–Crippen MR) is 108 cm³/mol. The molecular formula is C20H22N4O2S. The summed E-state index contributed by atoms with van der Waals surface area (Å²) in [6.45, 7) is 6.62. The molecule has 0 saturated carbocycles. The van der Waals surface area contributed by atoms with Gasteiger partial charge in [-0.2, -0.15) is 0 Å². The van der Waals surface area contributed by atoms with Crippen LogP contribution in [0.5, 0.6) is 0 Å². The van der Waals surface area contributed by atoms with Crippen LogP contribution in [0.25, 0.3) is 0 Å². The maximum atomic E-state index is 12.5. The van der Waals surface area contributed by atoms with Crippen molar-refractivity contribution in [2.45, 2.75) is 25.7 Å². The highest BCUT2D eigenvalue weighted by atomic mass is 32.2. The smallest absolute Gasteiger partial charge is 0.263 e. The van der Waals surface area contributed by atoms with Gasteiger partial charge in [-0.25, -0.2) is 8.42 Å². The number of sulfonamides is 1. The highest BCUT2D eigenvalue weighted by Gasteiger charge is 2.16. The highest BCUT2D eigenvalue weighted by molar-refractivity contribution is 7.92. The molecule has 0 radical (unpaired) electrons. The Balaban J connectivity index is 1.82. The van der Waals surface area contributed by atoms with Gasteiger partial charge in [0.2, 0.25) is 0 Å². The Morgan fingerprint density at radius 3 is 2.22 bits per heavy atom. The van der Waals surface area contributed by atoms with Gasteiger partial charge in [0, 0.05) is 12.2 Å². The van der Waals surface area contributed by atoms with E-state index in [0.29, 0.717) is 12.4 Å². The van der Waals surface area contributed by atoms with E-state index in [0.717, 1.165) is 16.8 Å². The van der Waals surface area contributed by atoms with E-state index in [1.807, 2.05) is 49.9 Å².